The van der Waals surface area contributed by atoms with E-state index >= 15 is 0 Å². The Morgan fingerprint density at radius 2 is 1.93 bits per heavy atom. The fraction of sp³-hybridized carbons (Fsp3) is 0.0769. The molecule has 0 bridgehead atoms. The predicted molar refractivity (Wildman–Crippen MR) is 67.4 cm³/mol. The van der Waals surface area contributed by atoms with Gasteiger partial charge in [0.25, 0.3) is 0 Å². The lowest BCUT2D eigenvalue weighted by Crippen LogP contribution is -1.81. The molecule has 0 aromatic heterocycles. The molecule has 0 aliphatic heterocycles. The van der Waals surface area contributed by atoms with Crippen molar-refractivity contribution >= 4 is 27.5 Å². The van der Waals surface area contributed by atoms with E-state index < -0.39 is 0 Å². The Labute approximate surface area is 102 Å². The Balaban J connectivity index is 2.28. The van der Waals surface area contributed by atoms with Gasteiger partial charge in [-0.15, -0.1) is 0 Å². The Morgan fingerprint density at radius 3 is 2.80 bits per heavy atom. The van der Waals surface area contributed by atoms with E-state index in [0.717, 1.165) is 11.4 Å². The molecule has 0 heterocycles. The number of benzene rings is 2. The van der Waals surface area contributed by atoms with Gasteiger partial charge in [-0.05, 0) is 46.9 Å². The Kier molecular flexibility index (Phi) is 2.11. The molecule has 0 N–H and O–H groups in total. The first kappa shape index (κ1) is 9.44. The van der Waals surface area contributed by atoms with Crippen LogP contribution < -0.4 is 0 Å². The summed E-state index contributed by atoms with van der Waals surface area (Å²) in [4.78, 5) is 0. The molecule has 0 unspecified atom stereocenters. The molecule has 15 heavy (non-hydrogen) atoms. The second-order valence-electron chi connectivity index (χ2n) is 3.74. The lowest BCUT2D eigenvalue weighted by Gasteiger charge is -2.01. The lowest BCUT2D eigenvalue weighted by atomic mass is 10.1. The molecule has 0 atom stereocenters. The second kappa shape index (κ2) is 3.36. The maximum atomic E-state index is 5.99. The summed E-state index contributed by atoms with van der Waals surface area (Å²) in [5, 5.41) is 0.817. The van der Waals surface area contributed by atoms with Crippen LogP contribution in [0.2, 0.25) is 5.02 Å². The molecule has 0 saturated heterocycles. The van der Waals surface area contributed by atoms with E-state index in [0.29, 0.717) is 0 Å². The van der Waals surface area contributed by atoms with Crippen molar-refractivity contribution < 1.29 is 0 Å². The summed E-state index contributed by atoms with van der Waals surface area (Å²) in [6.07, 6.45) is 0.979. The highest BCUT2D eigenvalue weighted by molar-refractivity contribution is 9.10. The van der Waals surface area contributed by atoms with Gasteiger partial charge in [-0.2, -0.15) is 0 Å². The van der Waals surface area contributed by atoms with Crippen molar-refractivity contribution in [3.05, 3.63) is 57.0 Å². The third-order valence-corrected chi connectivity index (χ3v) is 3.82. The van der Waals surface area contributed by atoms with Crippen molar-refractivity contribution in [2.75, 3.05) is 0 Å². The van der Waals surface area contributed by atoms with E-state index in [1.54, 1.807) is 0 Å². The molecule has 0 amide bonds. The predicted octanol–water partition coefficient (Wildman–Crippen LogP) is 4.67. The van der Waals surface area contributed by atoms with Crippen molar-refractivity contribution in [3.8, 4) is 11.1 Å². The van der Waals surface area contributed by atoms with Crippen LogP contribution in [0.15, 0.2) is 40.9 Å². The molecule has 2 aromatic carbocycles. The summed E-state index contributed by atoms with van der Waals surface area (Å²) >= 11 is 9.59. The van der Waals surface area contributed by atoms with Crippen molar-refractivity contribution in [1.29, 1.82) is 0 Å². The van der Waals surface area contributed by atoms with Crippen LogP contribution in [-0.2, 0) is 6.42 Å². The van der Waals surface area contributed by atoms with Crippen LogP contribution >= 0.6 is 27.5 Å². The van der Waals surface area contributed by atoms with E-state index in [9.17, 15) is 0 Å². The molecule has 74 valence electrons. The molecule has 1 aliphatic rings. The van der Waals surface area contributed by atoms with Crippen LogP contribution in [-0.4, -0.2) is 0 Å². The normalized spacial score (nSPS) is 12.4. The van der Waals surface area contributed by atoms with Gasteiger partial charge >= 0.3 is 0 Å². The minimum absolute atomic E-state index is 0.817. The Bertz CT molecular complexity index is 546. The molecular weight excluding hydrogens is 272 g/mol. The molecule has 0 spiro atoms. The van der Waals surface area contributed by atoms with Crippen LogP contribution in [0.5, 0.6) is 0 Å². The summed E-state index contributed by atoms with van der Waals surface area (Å²) in [6, 6.07) is 12.5. The standard InChI is InChI=1S/C13H8BrCl/c14-13-3-1-2-11-10-5-4-9(15)6-8(10)7-12(11)13/h1-6H,7H2. The SMILES string of the molecule is Clc1ccc2c(c1)Cc1c(Br)cccc1-2. The third kappa shape index (κ3) is 1.42. The first-order valence-electron chi connectivity index (χ1n) is 4.82. The maximum Gasteiger partial charge on any atom is 0.0409 e. The van der Waals surface area contributed by atoms with E-state index in [-0.39, 0.29) is 0 Å². The average Bonchev–Trinajstić information content (AvgIpc) is 2.57. The zero-order valence-electron chi connectivity index (χ0n) is 7.93. The van der Waals surface area contributed by atoms with Crippen LogP contribution in [0.1, 0.15) is 11.1 Å². The van der Waals surface area contributed by atoms with Crippen molar-refractivity contribution in [1.82, 2.24) is 0 Å². The van der Waals surface area contributed by atoms with Crippen molar-refractivity contribution in [3.63, 3.8) is 0 Å². The number of rotatable bonds is 0. The Morgan fingerprint density at radius 1 is 1.07 bits per heavy atom. The molecular formula is C13H8BrCl. The van der Waals surface area contributed by atoms with Gasteiger partial charge in [0.05, 0.1) is 0 Å². The summed E-state index contributed by atoms with van der Waals surface area (Å²) in [6.45, 7) is 0. The van der Waals surface area contributed by atoms with Gasteiger partial charge in [0.1, 0.15) is 0 Å². The topological polar surface area (TPSA) is 0 Å². The molecule has 0 saturated carbocycles. The highest BCUT2D eigenvalue weighted by Crippen LogP contribution is 2.40. The lowest BCUT2D eigenvalue weighted by molar-refractivity contribution is 1.25. The summed E-state index contributed by atoms with van der Waals surface area (Å²) in [5.41, 5.74) is 5.34. The fourth-order valence-electron chi connectivity index (χ4n) is 2.15. The highest BCUT2D eigenvalue weighted by Gasteiger charge is 2.19. The monoisotopic (exact) mass is 278 g/mol. The number of hydrogen-bond acceptors (Lipinski definition) is 0. The summed E-state index contributed by atoms with van der Waals surface area (Å²) in [7, 11) is 0. The van der Waals surface area contributed by atoms with Gasteiger partial charge in [-0.25, -0.2) is 0 Å². The van der Waals surface area contributed by atoms with Crippen LogP contribution in [0.3, 0.4) is 0 Å². The van der Waals surface area contributed by atoms with Gasteiger partial charge in [0, 0.05) is 9.50 Å². The molecule has 3 rings (SSSR count). The van der Waals surface area contributed by atoms with Crippen LogP contribution in [0.4, 0.5) is 0 Å². The zero-order chi connectivity index (χ0) is 10.4. The number of halogens is 2. The Hall–Kier alpha value is -0.790. The average molecular weight is 280 g/mol. The second-order valence-corrected chi connectivity index (χ2v) is 5.03. The maximum absolute atomic E-state index is 5.99. The molecule has 1 aliphatic carbocycles. The molecule has 0 radical (unpaired) electrons. The first-order chi connectivity index (χ1) is 7.25. The summed E-state index contributed by atoms with van der Waals surface area (Å²) < 4.78 is 1.19. The van der Waals surface area contributed by atoms with E-state index in [1.807, 2.05) is 6.07 Å². The van der Waals surface area contributed by atoms with Crippen LogP contribution in [0, 0.1) is 0 Å². The number of fused-ring (bicyclic) bond motifs is 3. The van der Waals surface area contributed by atoms with E-state index in [1.165, 1.54) is 26.7 Å². The minimum Gasteiger partial charge on any atom is -0.0843 e. The van der Waals surface area contributed by atoms with Crippen molar-refractivity contribution in [2.45, 2.75) is 6.42 Å². The van der Waals surface area contributed by atoms with E-state index in [2.05, 4.69) is 46.3 Å². The molecule has 2 aromatic rings. The third-order valence-electron chi connectivity index (χ3n) is 2.84. The smallest absolute Gasteiger partial charge is 0.0409 e. The van der Waals surface area contributed by atoms with Crippen LogP contribution in [0.25, 0.3) is 11.1 Å². The minimum atomic E-state index is 0.817. The summed E-state index contributed by atoms with van der Waals surface area (Å²) in [5.74, 6) is 0. The number of hydrogen-bond donors (Lipinski definition) is 0. The quantitative estimate of drug-likeness (QED) is 0.561. The van der Waals surface area contributed by atoms with Gasteiger partial charge in [0.15, 0.2) is 0 Å². The van der Waals surface area contributed by atoms with Crippen molar-refractivity contribution in [2.24, 2.45) is 0 Å². The first-order valence-corrected chi connectivity index (χ1v) is 5.99. The molecule has 2 heteroatoms. The fourth-order valence-corrected chi connectivity index (χ4v) is 2.85. The molecule has 0 fully saturated rings. The van der Waals surface area contributed by atoms with Gasteiger partial charge in [-0.3, -0.25) is 0 Å². The van der Waals surface area contributed by atoms with Gasteiger partial charge in [0.2, 0.25) is 0 Å². The largest absolute Gasteiger partial charge is 0.0843 e. The van der Waals surface area contributed by atoms with E-state index in [4.69, 9.17) is 11.6 Å². The highest BCUT2D eigenvalue weighted by atomic mass is 79.9. The zero-order valence-corrected chi connectivity index (χ0v) is 10.3. The van der Waals surface area contributed by atoms with Gasteiger partial charge < -0.3 is 0 Å². The molecule has 0 nitrogen and oxygen atoms in total. The van der Waals surface area contributed by atoms with Gasteiger partial charge in [-0.1, -0.05) is 45.7 Å².